The summed E-state index contributed by atoms with van der Waals surface area (Å²) < 4.78 is 6.30. The van der Waals surface area contributed by atoms with Crippen molar-refractivity contribution in [3.8, 4) is 5.75 Å². The molecular weight excluding hydrogens is 336 g/mol. The van der Waals surface area contributed by atoms with Gasteiger partial charge in [-0.05, 0) is 38.0 Å². The highest BCUT2D eigenvalue weighted by Crippen LogP contribution is 2.32. The minimum absolute atomic E-state index is 0.0379. The van der Waals surface area contributed by atoms with Crippen molar-refractivity contribution in [3.63, 3.8) is 0 Å². The Balaban J connectivity index is 1.60. The van der Waals surface area contributed by atoms with Crippen molar-refractivity contribution < 1.29 is 14.3 Å². The third-order valence-corrected chi connectivity index (χ3v) is 5.69. The van der Waals surface area contributed by atoms with Crippen molar-refractivity contribution >= 4 is 23.2 Å². The molecular formula is C19H20N2O3S. The van der Waals surface area contributed by atoms with Crippen molar-refractivity contribution in [1.29, 1.82) is 0 Å². The number of hydrogen-bond donors (Lipinski definition) is 1. The topological polar surface area (TPSA) is 58.6 Å². The van der Waals surface area contributed by atoms with E-state index in [1.165, 1.54) is 0 Å². The molecule has 1 fully saturated rings. The highest BCUT2D eigenvalue weighted by molar-refractivity contribution is 7.10. The molecule has 25 heavy (non-hydrogen) atoms. The summed E-state index contributed by atoms with van der Waals surface area (Å²) in [6, 6.07) is 9.22. The molecule has 0 bridgehead atoms. The molecule has 1 N–H and O–H groups in total. The molecule has 3 heterocycles. The van der Waals surface area contributed by atoms with Crippen molar-refractivity contribution in [3.05, 3.63) is 51.7 Å². The van der Waals surface area contributed by atoms with Gasteiger partial charge in [0.2, 0.25) is 0 Å². The van der Waals surface area contributed by atoms with Crippen LogP contribution >= 0.6 is 11.3 Å². The van der Waals surface area contributed by atoms with E-state index in [0.29, 0.717) is 30.9 Å². The van der Waals surface area contributed by atoms with Gasteiger partial charge in [0, 0.05) is 16.8 Å². The minimum atomic E-state index is -0.568. The van der Waals surface area contributed by atoms with Gasteiger partial charge < -0.3 is 15.0 Å². The van der Waals surface area contributed by atoms with Crippen LogP contribution < -0.4 is 10.1 Å². The first-order valence-corrected chi connectivity index (χ1v) is 9.35. The van der Waals surface area contributed by atoms with Gasteiger partial charge in [-0.3, -0.25) is 9.59 Å². The number of para-hydroxylation sites is 1. The maximum absolute atomic E-state index is 12.8. The van der Waals surface area contributed by atoms with Crippen LogP contribution in [0, 0.1) is 6.92 Å². The lowest BCUT2D eigenvalue weighted by atomic mass is 9.92. The Morgan fingerprint density at radius 1 is 1.36 bits per heavy atom. The first kappa shape index (κ1) is 16.1. The Kier molecular flexibility index (Phi) is 4.00. The second-order valence-corrected chi connectivity index (χ2v) is 7.86. The maximum atomic E-state index is 12.8. The average Bonchev–Trinajstić information content (AvgIpc) is 3.01. The number of ether oxygens (including phenoxy) is 1. The third kappa shape index (κ3) is 3.02. The molecule has 5 nitrogen and oxygen atoms in total. The molecule has 2 aliphatic heterocycles. The second kappa shape index (κ2) is 6.19. The largest absolute Gasteiger partial charge is 0.483 e. The molecule has 2 amide bonds. The number of rotatable bonds is 1. The molecule has 2 aliphatic rings. The van der Waals surface area contributed by atoms with Crippen LogP contribution in [0.1, 0.15) is 38.4 Å². The molecule has 0 saturated carbocycles. The number of carbonyl (C=O) groups excluding carboxylic acids is 2. The van der Waals surface area contributed by atoms with Crippen LogP contribution in [0.4, 0.5) is 0 Å². The number of carbonyl (C=O) groups is 2. The van der Waals surface area contributed by atoms with Crippen molar-refractivity contribution in [2.24, 2.45) is 0 Å². The van der Waals surface area contributed by atoms with Crippen LogP contribution in [0.15, 0.2) is 35.7 Å². The van der Waals surface area contributed by atoms with Gasteiger partial charge in [-0.2, -0.15) is 0 Å². The summed E-state index contributed by atoms with van der Waals surface area (Å²) >= 11 is 1.58. The molecule has 2 aromatic rings. The molecule has 1 atom stereocenters. The van der Waals surface area contributed by atoms with Gasteiger partial charge in [0.15, 0.2) is 0 Å². The smallest absolute Gasteiger partial charge is 0.255 e. The van der Waals surface area contributed by atoms with Gasteiger partial charge in [-0.25, -0.2) is 0 Å². The van der Waals surface area contributed by atoms with Gasteiger partial charge in [0.1, 0.15) is 11.4 Å². The molecule has 0 aliphatic carbocycles. The lowest BCUT2D eigenvalue weighted by Crippen LogP contribution is -2.57. The van der Waals surface area contributed by atoms with Gasteiger partial charge >= 0.3 is 0 Å². The highest BCUT2D eigenvalue weighted by Gasteiger charge is 2.42. The zero-order valence-electron chi connectivity index (χ0n) is 14.1. The summed E-state index contributed by atoms with van der Waals surface area (Å²) in [6.07, 6.45) is 1.67. The Hall–Kier alpha value is -2.34. The SMILES string of the molecule is Cc1cc(C(=O)N2CCCC3(CNC(=O)c4ccccc4O3)C2)cs1. The summed E-state index contributed by atoms with van der Waals surface area (Å²) in [4.78, 5) is 28.1. The first-order valence-electron chi connectivity index (χ1n) is 8.47. The fourth-order valence-corrected chi connectivity index (χ4v) is 4.26. The van der Waals surface area contributed by atoms with Gasteiger partial charge in [-0.1, -0.05) is 12.1 Å². The molecule has 1 saturated heterocycles. The Labute approximate surface area is 150 Å². The Morgan fingerprint density at radius 2 is 2.20 bits per heavy atom. The Morgan fingerprint density at radius 3 is 3.00 bits per heavy atom. The van der Waals surface area contributed by atoms with E-state index in [4.69, 9.17) is 4.74 Å². The molecule has 130 valence electrons. The average molecular weight is 356 g/mol. The molecule has 6 heteroatoms. The predicted molar refractivity (Wildman–Crippen MR) is 96.3 cm³/mol. The van der Waals surface area contributed by atoms with Crippen molar-refractivity contribution in [2.45, 2.75) is 25.4 Å². The Bertz CT molecular complexity index is 832. The quantitative estimate of drug-likeness (QED) is 0.855. The lowest BCUT2D eigenvalue weighted by Gasteiger charge is -2.42. The molecule has 1 unspecified atom stereocenters. The van der Waals surface area contributed by atoms with Gasteiger partial charge in [0.25, 0.3) is 11.8 Å². The zero-order valence-corrected chi connectivity index (χ0v) is 14.9. The standard InChI is InChI=1S/C19H20N2O3S/c1-13-9-14(10-25-13)18(23)21-8-4-7-19(12-21)11-20-17(22)15-5-2-3-6-16(15)24-19/h2-3,5-6,9-10H,4,7-8,11-12H2,1H3,(H,20,22). The number of aryl methyl sites for hydroxylation is 1. The number of benzene rings is 1. The summed E-state index contributed by atoms with van der Waals surface area (Å²) in [5, 5.41) is 4.87. The number of nitrogens with zero attached hydrogens (tertiary/aromatic N) is 1. The maximum Gasteiger partial charge on any atom is 0.255 e. The number of likely N-dealkylation sites (tertiary alicyclic amines) is 1. The van der Waals surface area contributed by atoms with Crippen LogP contribution in [0.2, 0.25) is 0 Å². The summed E-state index contributed by atoms with van der Waals surface area (Å²) in [7, 11) is 0. The highest BCUT2D eigenvalue weighted by atomic mass is 32.1. The monoisotopic (exact) mass is 356 g/mol. The van der Waals surface area contributed by atoms with E-state index in [9.17, 15) is 9.59 Å². The van der Waals surface area contributed by atoms with Crippen molar-refractivity contribution in [2.75, 3.05) is 19.6 Å². The third-order valence-electron chi connectivity index (χ3n) is 4.83. The first-order chi connectivity index (χ1) is 12.1. The fourth-order valence-electron chi connectivity index (χ4n) is 3.59. The van der Waals surface area contributed by atoms with E-state index < -0.39 is 5.60 Å². The number of fused-ring (bicyclic) bond motifs is 1. The predicted octanol–water partition coefficient (Wildman–Crippen LogP) is 2.85. The molecule has 1 aromatic carbocycles. The molecule has 1 aromatic heterocycles. The van der Waals surface area contributed by atoms with Crippen LogP contribution in [-0.4, -0.2) is 41.9 Å². The fraction of sp³-hybridized carbons (Fsp3) is 0.368. The van der Waals surface area contributed by atoms with Crippen molar-refractivity contribution in [1.82, 2.24) is 10.2 Å². The van der Waals surface area contributed by atoms with E-state index in [2.05, 4.69) is 5.32 Å². The van der Waals surface area contributed by atoms with E-state index in [0.717, 1.165) is 23.3 Å². The molecule has 0 radical (unpaired) electrons. The van der Waals surface area contributed by atoms with Gasteiger partial charge in [-0.15, -0.1) is 11.3 Å². The van der Waals surface area contributed by atoms with Gasteiger partial charge in [0.05, 0.1) is 24.2 Å². The lowest BCUT2D eigenvalue weighted by molar-refractivity contribution is -0.000839. The summed E-state index contributed by atoms with van der Waals surface area (Å²) in [5.41, 5.74) is 0.718. The normalized spacial score (nSPS) is 22.8. The van der Waals surface area contributed by atoms with E-state index in [1.54, 1.807) is 17.4 Å². The van der Waals surface area contributed by atoms with E-state index in [1.807, 2.05) is 41.5 Å². The number of nitrogens with one attached hydrogen (secondary N) is 1. The molecule has 1 spiro atoms. The molecule has 4 rings (SSSR count). The van der Waals surface area contributed by atoms with E-state index >= 15 is 0 Å². The van der Waals surface area contributed by atoms with Crippen LogP contribution in [0.3, 0.4) is 0 Å². The van der Waals surface area contributed by atoms with E-state index in [-0.39, 0.29) is 11.8 Å². The minimum Gasteiger partial charge on any atom is -0.483 e. The number of amides is 2. The summed E-state index contributed by atoms with van der Waals surface area (Å²) in [6.45, 7) is 3.61. The number of piperidine rings is 1. The van der Waals surface area contributed by atoms with Crippen LogP contribution in [0.25, 0.3) is 0 Å². The number of hydrogen-bond acceptors (Lipinski definition) is 4. The zero-order chi connectivity index (χ0) is 17.4. The summed E-state index contributed by atoms with van der Waals surface area (Å²) in [5.74, 6) is 0.512. The van der Waals surface area contributed by atoms with Crippen LogP contribution in [-0.2, 0) is 0 Å². The van der Waals surface area contributed by atoms with Crippen LogP contribution in [0.5, 0.6) is 5.75 Å². The second-order valence-electron chi connectivity index (χ2n) is 6.74. The number of thiophene rings is 1.